The van der Waals surface area contributed by atoms with Crippen LogP contribution in [-0.2, 0) is 0 Å². The van der Waals surface area contributed by atoms with Crippen LogP contribution in [-0.4, -0.2) is 9.13 Å². The van der Waals surface area contributed by atoms with Crippen molar-refractivity contribution in [3.05, 3.63) is 291 Å². The Kier molecular flexibility index (Phi) is 10.6. The summed E-state index contributed by atoms with van der Waals surface area (Å²) in [6, 6.07) is 107. The van der Waals surface area contributed by atoms with Crippen LogP contribution < -0.4 is 0 Å². The lowest BCUT2D eigenvalue weighted by atomic mass is 9.93. The minimum atomic E-state index is 1.13. The molecule has 0 saturated carbocycles. The first-order valence-corrected chi connectivity index (χ1v) is 25.5. The second kappa shape index (κ2) is 18.1. The number of para-hydroxylation sites is 2. The first-order valence-electron chi connectivity index (χ1n) is 25.5. The maximum absolute atomic E-state index is 2.43. The van der Waals surface area contributed by atoms with Gasteiger partial charge in [0.1, 0.15) is 0 Å². The van der Waals surface area contributed by atoms with E-state index in [1.807, 2.05) is 0 Å². The van der Waals surface area contributed by atoms with E-state index in [9.17, 15) is 0 Å². The van der Waals surface area contributed by atoms with Crippen LogP contribution in [0.15, 0.2) is 291 Å². The average molecular weight is 941 g/mol. The van der Waals surface area contributed by atoms with Gasteiger partial charge >= 0.3 is 0 Å². The number of aromatic nitrogens is 2. The van der Waals surface area contributed by atoms with E-state index in [-0.39, 0.29) is 0 Å². The van der Waals surface area contributed by atoms with Crippen molar-refractivity contribution in [2.75, 3.05) is 0 Å². The summed E-state index contributed by atoms with van der Waals surface area (Å²) < 4.78 is 4.87. The zero-order valence-corrected chi connectivity index (χ0v) is 40.6. The molecule has 2 aromatic heterocycles. The average Bonchev–Trinajstić information content (AvgIpc) is 4.02. The monoisotopic (exact) mass is 940 g/mol. The standard InChI is InChI=1S/C72H48N2/c1-5-19-49(20-6-1)57-39-58(50-21-7-2-8-22-50)42-61(41-57)53-27-17-29-63(45-53)73-69-33-15-13-31-65(69)67-47-55(35-37-71(67)73)56-36-38-72-68(48-56)66-32-14-16-34-70(66)74(72)64-30-18-28-54(46-64)62-43-59(51-23-9-3-10-24-51)40-60(44-62)52-25-11-4-12-26-52/h1-48H. The summed E-state index contributed by atoms with van der Waals surface area (Å²) in [5.41, 5.74) is 23.7. The second-order valence-electron chi connectivity index (χ2n) is 19.3. The van der Waals surface area contributed by atoms with Gasteiger partial charge in [-0.05, 0) is 175 Å². The van der Waals surface area contributed by atoms with Crippen molar-refractivity contribution in [1.82, 2.24) is 9.13 Å². The molecule has 74 heavy (non-hydrogen) atoms. The minimum absolute atomic E-state index is 1.13. The summed E-state index contributed by atoms with van der Waals surface area (Å²) in [6.45, 7) is 0. The molecule has 2 nitrogen and oxygen atoms in total. The third-order valence-corrected chi connectivity index (χ3v) is 14.8. The van der Waals surface area contributed by atoms with Crippen molar-refractivity contribution in [2.24, 2.45) is 0 Å². The molecule has 0 spiro atoms. The molecule has 14 rings (SSSR count). The molecule has 2 heterocycles. The molecule has 14 aromatic rings. The Hall–Kier alpha value is -9.76. The third kappa shape index (κ3) is 7.69. The van der Waals surface area contributed by atoms with Crippen LogP contribution in [0.25, 0.3) is 133 Å². The molecule has 0 bridgehead atoms. The van der Waals surface area contributed by atoms with Crippen LogP contribution in [0, 0.1) is 0 Å². The quantitative estimate of drug-likeness (QED) is 0.136. The van der Waals surface area contributed by atoms with Gasteiger partial charge in [0, 0.05) is 32.9 Å². The molecule has 2 heteroatoms. The van der Waals surface area contributed by atoms with Crippen molar-refractivity contribution >= 4 is 43.6 Å². The lowest BCUT2D eigenvalue weighted by Crippen LogP contribution is -1.95. The molecule has 346 valence electrons. The van der Waals surface area contributed by atoms with E-state index in [4.69, 9.17) is 0 Å². The SMILES string of the molecule is c1ccc(-c2cc(-c3ccccc3)cc(-c3cccc(-n4c5ccccc5c5cc(-c6ccc7c(c6)c6ccccc6n7-c6cccc(-c7cc(-c8ccccc8)cc(-c8ccccc8)c7)c6)ccc54)c3)c2)cc1. The first kappa shape index (κ1) is 43.1. The Labute approximate surface area is 431 Å². The number of benzene rings is 12. The van der Waals surface area contributed by atoms with Gasteiger partial charge in [0.25, 0.3) is 0 Å². The van der Waals surface area contributed by atoms with E-state index in [2.05, 4.69) is 300 Å². The maximum atomic E-state index is 2.43. The van der Waals surface area contributed by atoms with Crippen LogP contribution in [0.4, 0.5) is 0 Å². The van der Waals surface area contributed by atoms with Gasteiger partial charge in [-0.1, -0.05) is 194 Å². The predicted octanol–water partition coefficient (Wildman–Crippen LogP) is 19.5. The van der Waals surface area contributed by atoms with Gasteiger partial charge in [-0.2, -0.15) is 0 Å². The first-order chi connectivity index (χ1) is 36.7. The summed E-state index contributed by atoms with van der Waals surface area (Å²) in [5, 5.41) is 4.92. The molecule has 0 aliphatic rings. The lowest BCUT2D eigenvalue weighted by Gasteiger charge is -2.14. The predicted molar refractivity (Wildman–Crippen MR) is 313 cm³/mol. The maximum Gasteiger partial charge on any atom is 0.0541 e. The van der Waals surface area contributed by atoms with Gasteiger partial charge in [-0.3, -0.25) is 0 Å². The van der Waals surface area contributed by atoms with E-state index >= 15 is 0 Å². The van der Waals surface area contributed by atoms with Crippen molar-refractivity contribution in [3.8, 4) is 89.3 Å². The zero-order chi connectivity index (χ0) is 49.0. The highest BCUT2D eigenvalue weighted by molar-refractivity contribution is 6.13. The molecule has 0 saturated heterocycles. The van der Waals surface area contributed by atoms with Crippen molar-refractivity contribution in [1.29, 1.82) is 0 Å². The van der Waals surface area contributed by atoms with Crippen LogP contribution in [0.3, 0.4) is 0 Å². The van der Waals surface area contributed by atoms with E-state index < -0.39 is 0 Å². The molecule has 0 radical (unpaired) electrons. The van der Waals surface area contributed by atoms with E-state index in [0.29, 0.717) is 0 Å². The fraction of sp³-hybridized carbons (Fsp3) is 0. The largest absolute Gasteiger partial charge is 0.309 e. The van der Waals surface area contributed by atoms with Gasteiger partial charge in [-0.15, -0.1) is 0 Å². The Bertz CT molecular complexity index is 3990. The third-order valence-electron chi connectivity index (χ3n) is 14.8. The summed E-state index contributed by atoms with van der Waals surface area (Å²) in [5.74, 6) is 0. The van der Waals surface area contributed by atoms with E-state index in [1.54, 1.807) is 0 Å². The fourth-order valence-electron chi connectivity index (χ4n) is 11.3. The molecule has 0 atom stereocenters. The van der Waals surface area contributed by atoms with Gasteiger partial charge in [-0.25, -0.2) is 0 Å². The summed E-state index contributed by atoms with van der Waals surface area (Å²) >= 11 is 0. The Morgan fingerprint density at radius 3 is 0.770 bits per heavy atom. The Balaban J connectivity index is 0.856. The van der Waals surface area contributed by atoms with Crippen LogP contribution >= 0.6 is 0 Å². The number of hydrogen-bond acceptors (Lipinski definition) is 0. The zero-order valence-electron chi connectivity index (χ0n) is 40.6. The number of hydrogen-bond donors (Lipinski definition) is 0. The van der Waals surface area contributed by atoms with Gasteiger partial charge < -0.3 is 9.13 Å². The molecular formula is C72H48N2. The second-order valence-corrected chi connectivity index (χ2v) is 19.3. The highest BCUT2D eigenvalue weighted by atomic mass is 15.0. The highest BCUT2D eigenvalue weighted by Gasteiger charge is 2.18. The van der Waals surface area contributed by atoms with E-state index in [0.717, 1.165) is 11.4 Å². The van der Waals surface area contributed by atoms with Gasteiger partial charge in [0.05, 0.1) is 22.1 Å². The smallest absolute Gasteiger partial charge is 0.0541 e. The Morgan fingerprint density at radius 2 is 0.419 bits per heavy atom. The fourth-order valence-corrected chi connectivity index (χ4v) is 11.3. The van der Waals surface area contributed by atoms with Crippen LogP contribution in [0.2, 0.25) is 0 Å². The lowest BCUT2D eigenvalue weighted by molar-refractivity contribution is 1.18. The van der Waals surface area contributed by atoms with Crippen LogP contribution in [0.5, 0.6) is 0 Å². The highest BCUT2D eigenvalue weighted by Crippen LogP contribution is 2.41. The van der Waals surface area contributed by atoms with Crippen molar-refractivity contribution in [3.63, 3.8) is 0 Å². The van der Waals surface area contributed by atoms with Gasteiger partial charge in [0.15, 0.2) is 0 Å². The summed E-state index contributed by atoms with van der Waals surface area (Å²) in [6.07, 6.45) is 0. The molecule has 0 amide bonds. The van der Waals surface area contributed by atoms with Gasteiger partial charge in [0.2, 0.25) is 0 Å². The molecule has 0 fully saturated rings. The summed E-state index contributed by atoms with van der Waals surface area (Å²) in [7, 11) is 0. The van der Waals surface area contributed by atoms with Crippen molar-refractivity contribution < 1.29 is 0 Å². The molecule has 0 N–H and O–H groups in total. The molecule has 0 aliphatic carbocycles. The normalized spacial score (nSPS) is 11.5. The van der Waals surface area contributed by atoms with Crippen molar-refractivity contribution in [2.45, 2.75) is 0 Å². The minimum Gasteiger partial charge on any atom is -0.309 e. The van der Waals surface area contributed by atoms with E-state index in [1.165, 1.54) is 122 Å². The molecule has 0 aliphatic heterocycles. The number of fused-ring (bicyclic) bond motifs is 6. The number of rotatable bonds is 9. The topological polar surface area (TPSA) is 9.86 Å². The molecule has 0 unspecified atom stereocenters. The van der Waals surface area contributed by atoms with Crippen LogP contribution in [0.1, 0.15) is 0 Å². The summed E-state index contributed by atoms with van der Waals surface area (Å²) in [4.78, 5) is 0. The number of nitrogens with zero attached hydrogens (tertiary/aromatic N) is 2. The Morgan fingerprint density at radius 1 is 0.149 bits per heavy atom. The molecular weight excluding hydrogens is 893 g/mol. The molecule has 12 aromatic carbocycles.